The first kappa shape index (κ1) is 26.9. The molecule has 3 rings (SSSR count). The molecule has 0 saturated carbocycles. The molecule has 3 aromatic rings. The van der Waals surface area contributed by atoms with Crippen molar-refractivity contribution in [1.29, 1.82) is 0 Å². The molecule has 0 aliphatic heterocycles. The van der Waals surface area contributed by atoms with Crippen LogP contribution in [0.4, 0.5) is 5.69 Å². The lowest BCUT2D eigenvalue weighted by atomic mass is 10.1. The van der Waals surface area contributed by atoms with Crippen LogP contribution in [0.2, 0.25) is 0 Å². The van der Waals surface area contributed by atoms with E-state index < -0.39 is 28.5 Å². The number of sulfonamides is 1. The quantitative estimate of drug-likeness (QED) is 0.449. The highest BCUT2D eigenvalue weighted by Crippen LogP contribution is 2.25. The van der Waals surface area contributed by atoms with Crippen LogP contribution in [-0.2, 0) is 26.2 Å². The molecular formula is C28H33N3O4S. The number of amides is 2. The van der Waals surface area contributed by atoms with E-state index in [9.17, 15) is 18.0 Å². The highest BCUT2D eigenvalue weighted by atomic mass is 32.2. The van der Waals surface area contributed by atoms with E-state index in [-0.39, 0.29) is 17.3 Å². The Kier molecular flexibility index (Phi) is 8.88. The average molecular weight is 508 g/mol. The minimum Gasteiger partial charge on any atom is -0.357 e. The zero-order chi connectivity index (χ0) is 26.3. The first-order valence-corrected chi connectivity index (χ1v) is 13.3. The number of carbonyl (C=O) groups is 2. The highest BCUT2D eigenvalue weighted by Gasteiger charge is 2.33. The Morgan fingerprint density at radius 1 is 0.889 bits per heavy atom. The van der Waals surface area contributed by atoms with Gasteiger partial charge in [0.15, 0.2) is 0 Å². The average Bonchev–Trinajstić information content (AvgIpc) is 2.87. The van der Waals surface area contributed by atoms with E-state index in [4.69, 9.17) is 0 Å². The molecule has 0 radical (unpaired) electrons. The van der Waals surface area contributed by atoms with Gasteiger partial charge in [0.25, 0.3) is 10.0 Å². The van der Waals surface area contributed by atoms with Crippen LogP contribution in [0, 0.1) is 13.8 Å². The monoisotopic (exact) mass is 507 g/mol. The smallest absolute Gasteiger partial charge is 0.264 e. The van der Waals surface area contributed by atoms with Gasteiger partial charge in [0.2, 0.25) is 11.8 Å². The summed E-state index contributed by atoms with van der Waals surface area (Å²) in [6.45, 7) is 5.38. The van der Waals surface area contributed by atoms with Crippen molar-refractivity contribution in [3.63, 3.8) is 0 Å². The predicted molar refractivity (Wildman–Crippen MR) is 142 cm³/mol. The molecule has 0 aliphatic carbocycles. The van der Waals surface area contributed by atoms with E-state index in [0.29, 0.717) is 12.1 Å². The summed E-state index contributed by atoms with van der Waals surface area (Å²) in [7, 11) is -2.52. The van der Waals surface area contributed by atoms with Gasteiger partial charge < -0.3 is 10.2 Å². The van der Waals surface area contributed by atoms with E-state index in [1.807, 2.05) is 51.1 Å². The van der Waals surface area contributed by atoms with Crippen LogP contribution >= 0.6 is 0 Å². The molecule has 0 aromatic heterocycles. The number of likely N-dealkylation sites (N-methyl/N-ethyl adjacent to an activating group) is 1. The highest BCUT2D eigenvalue weighted by molar-refractivity contribution is 7.92. The van der Waals surface area contributed by atoms with Crippen LogP contribution < -0.4 is 9.62 Å². The van der Waals surface area contributed by atoms with Gasteiger partial charge in [-0.3, -0.25) is 13.9 Å². The molecule has 3 aromatic carbocycles. The molecule has 190 valence electrons. The molecule has 1 N–H and O–H groups in total. The molecule has 1 atom stereocenters. The molecule has 0 heterocycles. The van der Waals surface area contributed by atoms with E-state index in [1.165, 1.54) is 24.1 Å². The fourth-order valence-electron chi connectivity index (χ4n) is 4.12. The van der Waals surface area contributed by atoms with Crippen LogP contribution in [0.25, 0.3) is 0 Å². The number of carbonyl (C=O) groups excluding carboxylic acids is 2. The third kappa shape index (κ3) is 6.31. The van der Waals surface area contributed by atoms with Gasteiger partial charge in [-0.05, 0) is 55.7 Å². The van der Waals surface area contributed by atoms with Crippen molar-refractivity contribution < 1.29 is 18.0 Å². The van der Waals surface area contributed by atoms with Crippen LogP contribution in [0.1, 0.15) is 30.0 Å². The van der Waals surface area contributed by atoms with E-state index in [1.54, 1.807) is 36.4 Å². The molecule has 0 aliphatic rings. The number of nitrogens with one attached hydrogen (secondary N) is 1. The zero-order valence-electron chi connectivity index (χ0n) is 21.1. The van der Waals surface area contributed by atoms with Gasteiger partial charge in [-0.1, -0.05) is 67.1 Å². The number of aryl methyl sites for hydroxylation is 2. The van der Waals surface area contributed by atoms with Gasteiger partial charge in [-0.15, -0.1) is 0 Å². The van der Waals surface area contributed by atoms with Gasteiger partial charge >= 0.3 is 0 Å². The van der Waals surface area contributed by atoms with Crippen molar-refractivity contribution in [3.05, 3.63) is 95.6 Å². The maximum absolute atomic E-state index is 13.8. The molecule has 8 heteroatoms. The summed E-state index contributed by atoms with van der Waals surface area (Å²) < 4.78 is 28.5. The Morgan fingerprint density at radius 2 is 1.53 bits per heavy atom. The lowest BCUT2D eigenvalue weighted by Gasteiger charge is -2.33. The normalized spacial score (nSPS) is 12.0. The Balaban J connectivity index is 2.05. The minimum absolute atomic E-state index is 0.0860. The second kappa shape index (κ2) is 11.9. The van der Waals surface area contributed by atoms with Gasteiger partial charge in [0, 0.05) is 13.6 Å². The Morgan fingerprint density at radius 3 is 2.11 bits per heavy atom. The summed E-state index contributed by atoms with van der Waals surface area (Å²) in [6, 6.07) is 22.0. The number of benzene rings is 3. The molecule has 0 unspecified atom stereocenters. The molecule has 0 saturated heterocycles. The number of rotatable bonds is 10. The van der Waals surface area contributed by atoms with Crippen molar-refractivity contribution in [1.82, 2.24) is 10.2 Å². The van der Waals surface area contributed by atoms with Gasteiger partial charge in [0.05, 0.1) is 10.6 Å². The SMILES string of the molecule is CC[C@H](C(=O)NC)N(Cc1cccc(C)c1)C(=O)CN(c1cccc(C)c1)S(=O)(=O)c1ccccc1. The molecule has 7 nitrogen and oxygen atoms in total. The van der Waals surface area contributed by atoms with Crippen LogP contribution in [0.5, 0.6) is 0 Å². The van der Waals surface area contributed by atoms with Crippen molar-refractivity contribution in [3.8, 4) is 0 Å². The first-order valence-electron chi connectivity index (χ1n) is 11.9. The van der Waals surface area contributed by atoms with Crippen LogP contribution in [-0.4, -0.2) is 44.8 Å². The molecule has 0 fully saturated rings. The lowest BCUT2D eigenvalue weighted by Crippen LogP contribution is -2.51. The van der Waals surface area contributed by atoms with E-state index in [0.717, 1.165) is 21.0 Å². The minimum atomic E-state index is -4.05. The fourth-order valence-corrected chi connectivity index (χ4v) is 5.55. The fraction of sp³-hybridized carbons (Fsp3) is 0.286. The predicted octanol–water partition coefficient (Wildman–Crippen LogP) is 4.05. The van der Waals surface area contributed by atoms with E-state index >= 15 is 0 Å². The topological polar surface area (TPSA) is 86.8 Å². The summed E-state index contributed by atoms with van der Waals surface area (Å²) >= 11 is 0. The summed E-state index contributed by atoms with van der Waals surface area (Å²) in [5.41, 5.74) is 3.14. The van der Waals surface area contributed by atoms with Crippen molar-refractivity contribution >= 4 is 27.5 Å². The van der Waals surface area contributed by atoms with Crippen LogP contribution in [0.15, 0.2) is 83.8 Å². The summed E-state index contributed by atoms with van der Waals surface area (Å²) in [6.07, 6.45) is 0.382. The molecule has 2 amide bonds. The number of hydrogen-bond acceptors (Lipinski definition) is 4. The largest absolute Gasteiger partial charge is 0.357 e. The number of anilines is 1. The van der Waals surface area contributed by atoms with Crippen molar-refractivity contribution in [2.75, 3.05) is 17.9 Å². The second-order valence-electron chi connectivity index (χ2n) is 8.71. The maximum atomic E-state index is 13.8. The summed E-state index contributed by atoms with van der Waals surface area (Å²) in [4.78, 5) is 28.1. The summed E-state index contributed by atoms with van der Waals surface area (Å²) in [5.74, 6) is -0.764. The Hall–Kier alpha value is -3.65. The van der Waals surface area contributed by atoms with Gasteiger partial charge in [-0.2, -0.15) is 0 Å². The van der Waals surface area contributed by atoms with Gasteiger partial charge in [0.1, 0.15) is 12.6 Å². The molecule has 0 spiro atoms. The summed E-state index contributed by atoms with van der Waals surface area (Å²) in [5, 5.41) is 2.63. The maximum Gasteiger partial charge on any atom is 0.264 e. The Labute approximate surface area is 213 Å². The zero-order valence-corrected chi connectivity index (χ0v) is 22.0. The van der Waals surface area contributed by atoms with Crippen molar-refractivity contribution in [2.24, 2.45) is 0 Å². The Bertz CT molecular complexity index is 1310. The third-order valence-electron chi connectivity index (χ3n) is 5.97. The second-order valence-corrected chi connectivity index (χ2v) is 10.6. The van der Waals surface area contributed by atoms with Crippen LogP contribution in [0.3, 0.4) is 0 Å². The third-order valence-corrected chi connectivity index (χ3v) is 7.76. The molecule has 0 bridgehead atoms. The first-order chi connectivity index (χ1) is 17.2. The number of hydrogen-bond donors (Lipinski definition) is 1. The number of nitrogens with zero attached hydrogens (tertiary/aromatic N) is 2. The molecular weight excluding hydrogens is 474 g/mol. The standard InChI is InChI=1S/C28H33N3O4S/c1-5-26(28(33)29-4)30(19-23-13-9-11-21(2)17-23)27(32)20-31(24-14-10-12-22(3)18-24)36(34,35)25-15-7-6-8-16-25/h6-18,26H,5,19-20H2,1-4H3,(H,29,33)/t26-/m1/s1. The van der Waals surface area contributed by atoms with Gasteiger partial charge in [-0.25, -0.2) is 8.42 Å². The van der Waals surface area contributed by atoms with E-state index in [2.05, 4.69) is 5.32 Å². The lowest BCUT2D eigenvalue weighted by molar-refractivity contribution is -0.140. The molecule has 36 heavy (non-hydrogen) atoms. The van der Waals surface area contributed by atoms with Crippen molar-refractivity contribution in [2.45, 2.75) is 44.7 Å².